The number of unbranched alkanes of at least 4 members (excludes halogenated alkanes) is 3. The van der Waals surface area contributed by atoms with Gasteiger partial charge >= 0.3 is 0 Å². The van der Waals surface area contributed by atoms with Gasteiger partial charge in [0.25, 0.3) is 11.8 Å². The molecule has 1 fully saturated rings. The molecule has 2 aliphatic heterocycles. The van der Waals surface area contributed by atoms with Crippen LogP contribution < -0.4 is 15.4 Å². The molecule has 1 unspecified atom stereocenters. The fourth-order valence-corrected chi connectivity index (χ4v) is 4.45. The minimum atomic E-state index is -0.616. The van der Waals surface area contributed by atoms with E-state index in [1.807, 2.05) is 19.9 Å². The topological polar surface area (TPSA) is 123 Å². The first-order valence-electron chi connectivity index (χ1n) is 12.6. The normalized spacial score (nSPS) is 17.4. The van der Waals surface area contributed by atoms with E-state index in [1.165, 1.54) is 4.90 Å². The van der Waals surface area contributed by atoms with E-state index in [4.69, 9.17) is 4.74 Å². The van der Waals surface area contributed by atoms with Crippen LogP contribution in [0.5, 0.6) is 5.75 Å². The second-order valence-electron chi connectivity index (χ2n) is 9.54. The molecule has 0 spiro atoms. The van der Waals surface area contributed by atoms with Gasteiger partial charge in [-0.25, -0.2) is 0 Å². The first-order chi connectivity index (χ1) is 17.3. The van der Waals surface area contributed by atoms with Crippen LogP contribution in [0, 0.1) is 0 Å². The fraction of sp³-hybridized carbons (Fsp3) is 0.500. The van der Waals surface area contributed by atoms with E-state index in [1.54, 1.807) is 29.2 Å². The average molecular weight is 496 g/mol. The standard InChI is InChI=1S/C26H33N5O5/c1-17(2)31-16-19(14-28-31)24(33)27-11-5-3-4-6-12-36-20-7-8-21-18(13-20)15-30(26(21)35)22-9-10-23(32)29-25(22)34/h7-8,13-14,16-17,22H,3-6,9-12,15H2,1-2H3,(H,27,33)(H,29,32,34). The summed E-state index contributed by atoms with van der Waals surface area (Å²) in [5.74, 6) is -0.300. The third-order valence-electron chi connectivity index (χ3n) is 6.51. The third-order valence-corrected chi connectivity index (χ3v) is 6.51. The third kappa shape index (κ3) is 5.92. The maximum absolute atomic E-state index is 12.8. The Hall–Kier alpha value is -3.69. The lowest BCUT2D eigenvalue weighted by Gasteiger charge is -2.29. The first kappa shape index (κ1) is 25.4. The number of benzene rings is 1. The maximum Gasteiger partial charge on any atom is 0.255 e. The minimum Gasteiger partial charge on any atom is -0.494 e. The Balaban J connectivity index is 1.13. The fourth-order valence-electron chi connectivity index (χ4n) is 4.45. The van der Waals surface area contributed by atoms with Crippen LogP contribution >= 0.6 is 0 Å². The van der Waals surface area contributed by atoms with Gasteiger partial charge in [-0.1, -0.05) is 12.8 Å². The van der Waals surface area contributed by atoms with Gasteiger partial charge < -0.3 is 15.0 Å². The van der Waals surface area contributed by atoms with Gasteiger partial charge in [-0.15, -0.1) is 0 Å². The summed E-state index contributed by atoms with van der Waals surface area (Å²) in [6, 6.07) is 4.99. The maximum atomic E-state index is 12.8. The summed E-state index contributed by atoms with van der Waals surface area (Å²) in [6.45, 7) is 5.55. The summed E-state index contributed by atoms with van der Waals surface area (Å²) >= 11 is 0. The van der Waals surface area contributed by atoms with E-state index in [0.717, 1.165) is 31.2 Å². The van der Waals surface area contributed by atoms with Crippen molar-refractivity contribution in [2.24, 2.45) is 0 Å². The van der Waals surface area contributed by atoms with Gasteiger partial charge in [0.15, 0.2) is 0 Å². The van der Waals surface area contributed by atoms with Crippen molar-refractivity contribution in [3.05, 3.63) is 47.3 Å². The average Bonchev–Trinajstić information content (AvgIpc) is 3.46. The Bertz CT molecular complexity index is 1140. The van der Waals surface area contributed by atoms with Gasteiger partial charge in [0, 0.05) is 37.3 Å². The molecule has 4 rings (SSSR count). The number of carbonyl (C=O) groups excluding carboxylic acids is 4. The van der Waals surface area contributed by atoms with Crippen molar-refractivity contribution < 1.29 is 23.9 Å². The summed E-state index contributed by atoms with van der Waals surface area (Å²) in [7, 11) is 0. The Morgan fingerprint density at radius 2 is 2.00 bits per heavy atom. The number of piperidine rings is 1. The van der Waals surface area contributed by atoms with Crippen LogP contribution in [0.15, 0.2) is 30.6 Å². The second kappa shape index (κ2) is 11.4. The minimum absolute atomic E-state index is 0.100. The molecule has 0 saturated carbocycles. The summed E-state index contributed by atoms with van der Waals surface area (Å²) in [5.41, 5.74) is 1.98. The molecule has 36 heavy (non-hydrogen) atoms. The molecule has 0 aliphatic carbocycles. The zero-order valence-corrected chi connectivity index (χ0v) is 20.8. The SMILES string of the molecule is CC(C)n1cc(C(=O)NCCCCCCOc2ccc3c(c2)CN(C2CCC(=O)NC2=O)C3=O)cn1. The van der Waals surface area contributed by atoms with Crippen LogP contribution in [0.3, 0.4) is 0 Å². The van der Waals surface area contributed by atoms with Crippen LogP contribution in [-0.4, -0.2) is 57.5 Å². The van der Waals surface area contributed by atoms with Crippen molar-refractivity contribution in [2.75, 3.05) is 13.2 Å². The lowest BCUT2D eigenvalue weighted by Crippen LogP contribution is -2.52. The number of aromatic nitrogens is 2. The van der Waals surface area contributed by atoms with E-state index in [2.05, 4.69) is 15.7 Å². The van der Waals surface area contributed by atoms with Crippen molar-refractivity contribution >= 4 is 23.6 Å². The van der Waals surface area contributed by atoms with Crippen molar-refractivity contribution in [3.63, 3.8) is 0 Å². The largest absolute Gasteiger partial charge is 0.494 e. The molecule has 10 heteroatoms. The number of nitrogens with zero attached hydrogens (tertiary/aromatic N) is 3. The summed E-state index contributed by atoms with van der Waals surface area (Å²) < 4.78 is 7.64. The number of imide groups is 1. The number of fused-ring (bicyclic) bond motifs is 1. The Morgan fingerprint density at radius 1 is 1.19 bits per heavy atom. The Labute approximate surface area is 210 Å². The number of nitrogens with one attached hydrogen (secondary N) is 2. The van der Waals surface area contributed by atoms with Crippen LogP contribution in [0.4, 0.5) is 0 Å². The monoisotopic (exact) mass is 495 g/mol. The van der Waals surface area contributed by atoms with Crippen molar-refractivity contribution in [3.8, 4) is 5.75 Å². The smallest absolute Gasteiger partial charge is 0.255 e. The Kier molecular flexibility index (Phi) is 8.02. The zero-order valence-electron chi connectivity index (χ0n) is 20.8. The second-order valence-corrected chi connectivity index (χ2v) is 9.54. The van der Waals surface area contributed by atoms with E-state index in [9.17, 15) is 19.2 Å². The number of ether oxygens (including phenoxy) is 1. The molecule has 0 radical (unpaired) electrons. The molecule has 1 atom stereocenters. The summed E-state index contributed by atoms with van der Waals surface area (Å²) in [6.07, 6.45) is 7.67. The predicted octanol–water partition coefficient (Wildman–Crippen LogP) is 2.59. The first-order valence-corrected chi connectivity index (χ1v) is 12.6. The number of amides is 4. The van der Waals surface area contributed by atoms with Gasteiger partial charge in [-0.05, 0) is 56.9 Å². The molecule has 1 aromatic carbocycles. The van der Waals surface area contributed by atoms with Crippen molar-refractivity contribution in [2.45, 2.75) is 71.0 Å². The predicted molar refractivity (Wildman–Crippen MR) is 131 cm³/mol. The lowest BCUT2D eigenvalue weighted by atomic mass is 10.0. The van der Waals surface area contributed by atoms with E-state index >= 15 is 0 Å². The number of carbonyl (C=O) groups is 4. The molecule has 2 aliphatic rings. The highest BCUT2D eigenvalue weighted by Gasteiger charge is 2.39. The van der Waals surface area contributed by atoms with Gasteiger partial charge in [-0.3, -0.25) is 29.2 Å². The molecular weight excluding hydrogens is 462 g/mol. The van der Waals surface area contributed by atoms with Crippen LogP contribution in [0.2, 0.25) is 0 Å². The summed E-state index contributed by atoms with van der Waals surface area (Å²) in [5, 5.41) is 9.43. The van der Waals surface area contributed by atoms with Gasteiger partial charge in [-0.2, -0.15) is 5.10 Å². The molecule has 192 valence electrons. The molecule has 1 saturated heterocycles. The molecular formula is C26H33N5O5. The van der Waals surface area contributed by atoms with Gasteiger partial charge in [0.1, 0.15) is 11.8 Å². The van der Waals surface area contributed by atoms with E-state index < -0.39 is 11.9 Å². The Morgan fingerprint density at radius 3 is 2.75 bits per heavy atom. The summed E-state index contributed by atoms with van der Waals surface area (Å²) in [4.78, 5) is 50.0. The zero-order chi connectivity index (χ0) is 25.7. The molecule has 10 nitrogen and oxygen atoms in total. The van der Waals surface area contributed by atoms with E-state index in [0.29, 0.717) is 43.0 Å². The molecule has 2 aromatic rings. The number of hydrogen-bond donors (Lipinski definition) is 2. The molecule has 1 aromatic heterocycles. The van der Waals surface area contributed by atoms with E-state index in [-0.39, 0.29) is 30.2 Å². The van der Waals surface area contributed by atoms with Crippen LogP contribution in [0.25, 0.3) is 0 Å². The number of rotatable bonds is 11. The highest BCUT2D eigenvalue weighted by Crippen LogP contribution is 2.30. The van der Waals surface area contributed by atoms with Crippen molar-refractivity contribution in [1.82, 2.24) is 25.3 Å². The van der Waals surface area contributed by atoms with Gasteiger partial charge in [0.2, 0.25) is 11.8 Å². The highest BCUT2D eigenvalue weighted by molar-refractivity contribution is 6.05. The molecule has 4 amide bonds. The molecule has 2 N–H and O–H groups in total. The lowest BCUT2D eigenvalue weighted by molar-refractivity contribution is -0.136. The van der Waals surface area contributed by atoms with Gasteiger partial charge in [0.05, 0.1) is 18.4 Å². The van der Waals surface area contributed by atoms with Crippen molar-refractivity contribution in [1.29, 1.82) is 0 Å². The van der Waals surface area contributed by atoms with Crippen LogP contribution in [0.1, 0.15) is 84.7 Å². The molecule has 3 heterocycles. The highest BCUT2D eigenvalue weighted by atomic mass is 16.5. The molecule has 0 bridgehead atoms. The van der Waals surface area contributed by atoms with Crippen LogP contribution in [-0.2, 0) is 16.1 Å². The number of hydrogen-bond acceptors (Lipinski definition) is 6. The quantitative estimate of drug-likeness (QED) is 0.365.